The molecular weight excluding hydrogens is 208 g/mol. The fraction of sp³-hybridized carbons (Fsp3) is 1.00. The van der Waals surface area contributed by atoms with Crippen molar-refractivity contribution < 1.29 is 5.11 Å². The van der Waals surface area contributed by atoms with Crippen LogP contribution in [0.4, 0.5) is 0 Å². The number of thioether (sulfide) groups is 1. The molecule has 2 unspecified atom stereocenters. The Morgan fingerprint density at radius 3 is 2.53 bits per heavy atom. The van der Waals surface area contributed by atoms with E-state index in [0.717, 1.165) is 0 Å². The molecular formula is C11H24N2OS. The molecule has 15 heavy (non-hydrogen) atoms. The van der Waals surface area contributed by atoms with Crippen LogP contribution >= 0.6 is 11.8 Å². The van der Waals surface area contributed by atoms with E-state index >= 15 is 0 Å². The molecule has 1 heterocycles. The molecule has 3 nitrogen and oxygen atoms in total. The van der Waals surface area contributed by atoms with E-state index in [1.165, 1.54) is 25.9 Å². The van der Waals surface area contributed by atoms with Crippen molar-refractivity contribution in [1.82, 2.24) is 10.2 Å². The average Bonchev–Trinajstić information content (AvgIpc) is 2.23. The van der Waals surface area contributed by atoms with Crippen LogP contribution in [0.2, 0.25) is 0 Å². The molecule has 1 saturated heterocycles. The summed E-state index contributed by atoms with van der Waals surface area (Å²) in [5.74, 6) is 0. The molecule has 2 N–H and O–H groups in total. The van der Waals surface area contributed by atoms with Crippen molar-refractivity contribution in [2.45, 2.75) is 37.1 Å². The van der Waals surface area contributed by atoms with Gasteiger partial charge in [0.25, 0.3) is 0 Å². The summed E-state index contributed by atoms with van der Waals surface area (Å²) >= 11 is 1.74. The summed E-state index contributed by atoms with van der Waals surface area (Å²) in [7, 11) is 2.18. The molecule has 90 valence electrons. The van der Waals surface area contributed by atoms with E-state index in [9.17, 15) is 5.11 Å². The molecule has 0 aromatic carbocycles. The fourth-order valence-corrected chi connectivity index (χ4v) is 2.73. The van der Waals surface area contributed by atoms with Gasteiger partial charge >= 0.3 is 0 Å². The second-order valence-electron chi connectivity index (χ2n) is 4.49. The maximum atomic E-state index is 9.20. The Morgan fingerprint density at radius 1 is 1.47 bits per heavy atom. The van der Waals surface area contributed by atoms with E-state index < -0.39 is 0 Å². The molecule has 0 saturated carbocycles. The summed E-state index contributed by atoms with van der Waals surface area (Å²) < 4.78 is 0. The molecule has 2 atom stereocenters. The minimum atomic E-state index is 0.266. The molecule has 0 aromatic rings. The predicted octanol–water partition coefficient (Wildman–Crippen LogP) is 0.783. The van der Waals surface area contributed by atoms with Gasteiger partial charge in [-0.2, -0.15) is 11.8 Å². The van der Waals surface area contributed by atoms with Gasteiger partial charge in [-0.05, 0) is 46.2 Å². The van der Waals surface area contributed by atoms with Gasteiger partial charge in [-0.1, -0.05) is 0 Å². The van der Waals surface area contributed by atoms with E-state index in [1.807, 2.05) is 0 Å². The van der Waals surface area contributed by atoms with Gasteiger partial charge in [0, 0.05) is 17.3 Å². The lowest BCUT2D eigenvalue weighted by atomic mass is 10.0. The van der Waals surface area contributed by atoms with Crippen LogP contribution in [0.5, 0.6) is 0 Å². The van der Waals surface area contributed by atoms with Gasteiger partial charge in [-0.3, -0.25) is 0 Å². The minimum absolute atomic E-state index is 0.266. The Kier molecular flexibility index (Phi) is 5.97. The molecule has 0 bridgehead atoms. The summed E-state index contributed by atoms with van der Waals surface area (Å²) in [6.07, 6.45) is 4.52. The fourth-order valence-electron chi connectivity index (χ4n) is 2.09. The van der Waals surface area contributed by atoms with E-state index in [0.29, 0.717) is 17.3 Å². The maximum Gasteiger partial charge on any atom is 0.0564 e. The highest BCUT2D eigenvalue weighted by molar-refractivity contribution is 7.99. The quantitative estimate of drug-likeness (QED) is 0.734. The van der Waals surface area contributed by atoms with Crippen LogP contribution < -0.4 is 5.32 Å². The molecule has 1 aliphatic rings. The van der Waals surface area contributed by atoms with Crippen LogP contribution in [0.3, 0.4) is 0 Å². The number of nitrogens with one attached hydrogen (secondary N) is 1. The highest BCUT2D eigenvalue weighted by atomic mass is 32.2. The topological polar surface area (TPSA) is 35.5 Å². The van der Waals surface area contributed by atoms with Crippen LogP contribution in [-0.4, -0.2) is 60.3 Å². The second-order valence-corrected chi connectivity index (χ2v) is 5.57. The lowest BCUT2D eigenvalue weighted by molar-refractivity contribution is 0.215. The number of aliphatic hydroxyl groups excluding tert-OH is 1. The van der Waals surface area contributed by atoms with Gasteiger partial charge in [-0.25, -0.2) is 0 Å². The molecule has 4 heteroatoms. The average molecular weight is 232 g/mol. The van der Waals surface area contributed by atoms with Crippen molar-refractivity contribution in [3.63, 3.8) is 0 Å². The first-order valence-electron chi connectivity index (χ1n) is 5.75. The number of nitrogens with zero attached hydrogens (tertiary/aromatic N) is 1. The smallest absolute Gasteiger partial charge is 0.0564 e. The Balaban J connectivity index is 2.28. The summed E-state index contributed by atoms with van der Waals surface area (Å²) in [5.41, 5.74) is 0. The van der Waals surface area contributed by atoms with Crippen LogP contribution in [0.1, 0.15) is 19.8 Å². The molecule has 0 radical (unpaired) electrons. The summed E-state index contributed by atoms with van der Waals surface area (Å²) in [6.45, 7) is 4.82. The Hall–Kier alpha value is 0.230. The SMILES string of the molecule is CSC(CO)C(C)NC1CCN(C)CC1. The van der Waals surface area contributed by atoms with E-state index in [1.54, 1.807) is 11.8 Å². The van der Waals surface area contributed by atoms with Crippen LogP contribution in [0.15, 0.2) is 0 Å². The van der Waals surface area contributed by atoms with Gasteiger partial charge in [0.1, 0.15) is 0 Å². The normalized spacial score (nSPS) is 24.0. The van der Waals surface area contributed by atoms with Gasteiger partial charge in [0.2, 0.25) is 0 Å². The van der Waals surface area contributed by atoms with Crippen molar-refractivity contribution in [3.05, 3.63) is 0 Å². The first-order valence-corrected chi connectivity index (χ1v) is 7.04. The predicted molar refractivity (Wildman–Crippen MR) is 67.5 cm³/mol. The number of aliphatic hydroxyl groups is 1. The lowest BCUT2D eigenvalue weighted by Gasteiger charge is -2.33. The highest BCUT2D eigenvalue weighted by Gasteiger charge is 2.21. The largest absolute Gasteiger partial charge is 0.395 e. The zero-order valence-electron chi connectivity index (χ0n) is 10.1. The van der Waals surface area contributed by atoms with Crippen molar-refractivity contribution in [2.75, 3.05) is 33.0 Å². The molecule has 1 fully saturated rings. The number of likely N-dealkylation sites (tertiary alicyclic amines) is 1. The van der Waals surface area contributed by atoms with Crippen molar-refractivity contribution >= 4 is 11.8 Å². The number of rotatable bonds is 5. The van der Waals surface area contributed by atoms with Crippen molar-refractivity contribution in [2.24, 2.45) is 0 Å². The Bertz CT molecular complexity index is 168. The Morgan fingerprint density at radius 2 is 2.07 bits per heavy atom. The molecule has 1 aliphatic heterocycles. The summed E-state index contributed by atoms with van der Waals surface area (Å²) in [5, 5.41) is 13.2. The van der Waals surface area contributed by atoms with Gasteiger partial charge in [-0.15, -0.1) is 0 Å². The summed E-state index contributed by atoms with van der Waals surface area (Å²) in [6, 6.07) is 1.04. The zero-order chi connectivity index (χ0) is 11.3. The number of piperidine rings is 1. The highest BCUT2D eigenvalue weighted by Crippen LogP contribution is 2.14. The van der Waals surface area contributed by atoms with E-state index in [2.05, 4.69) is 30.4 Å². The molecule has 0 spiro atoms. The zero-order valence-corrected chi connectivity index (χ0v) is 10.9. The van der Waals surface area contributed by atoms with Crippen LogP contribution in [0, 0.1) is 0 Å². The number of hydrogen-bond donors (Lipinski definition) is 2. The van der Waals surface area contributed by atoms with Crippen LogP contribution in [0.25, 0.3) is 0 Å². The first-order chi connectivity index (χ1) is 7.17. The van der Waals surface area contributed by atoms with Crippen molar-refractivity contribution in [3.8, 4) is 0 Å². The third kappa shape index (κ3) is 4.31. The molecule has 0 amide bonds. The Labute approximate surface area is 97.6 Å². The third-order valence-electron chi connectivity index (χ3n) is 3.26. The minimum Gasteiger partial charge on any atom is -0.395 e. The lowest BCUT2D eigenvalue weighted by Crippen LogP contribution is -2.48. The van der Waals surface area contributed by atoms with Gasteiger partial charge in [0.15, 0.2) is 0 Å². The molecule has 0 aromatic heterocycles. The maximum absolute atomic E-state index is 9.20. The van der Waals surface area contributed by atoms with Crippen LogP contribution in [-0.2, 0) is 0 Å². The van der Waals surface area contributed by atoms with E-state index in [4.69, 9.17) is 0 Å². The van der Waals surface area contributed by atoms with Crippen molar-refractivity contribution in [1.29, 1.82) is 0 Å². The van der Waals surface area contributed by atoms with Gasteiger partial charge < -0.3 is 15.3 Å². The third-order valence-corrected chi connectivity index (χ3v) is 4.42. The van der Waals surface area contributed by atoms with E-state index in [-0.39, 0.29) is 6.61 Å². The first kappa shape index (κ1) is 13.3. The number of hydrogen-bond acceptors (Lipinski definition) is 4. The second kappa shape index (κ2) is 6.74. The molecule has 0 aliphatic carbocycles. The monoisotopic (exact) mass is 232 g/mol. The molecule has 1 rings (SSSR count). The summed E-state index contributed by atoms with van der Waals surface area (Å²) in [4.78, 5) is 2.38. The standard InChI is InChI=1S/C11H24N2OS/c1-9(11(8-14)15-3)12-10-4-6-13(2)7-5-10/h9-12,14H,4-8H2,1-3H3. The van der Waals surface area contributed by atoms with Gasteiger partial charge in [0.05, 0.1) is 6.61 Å².